The van der Waals surface area contributed by atoms with Crippen molar-refractivity contribution < 1.29 is 23.0 Å². The molecule has 4 nitrogen and oxygen atoms in total. The Hall–Kier alpha value is -1.31. The molecule has 1 fully saturated rings. The van der Waals surface area contributed by atoms with Gasteiger partial charge in [-0.2, -0.15) is 0 Å². The van der Waals surface area contributed by atoms with Crippen LogP contribution in [0.1, 0.15) is 0 Å². The molecule has 20 heavy (non-hydrogen) atoms. The summed E-state index contributed by atoms with van der Waals surface area (Å²) in [7, 11) is 0. The van der Waals surface area contributed by atoms with Gasteiger partial charge in [-0.15, -0.1) is 0 Å². The maximum Gasteiger partial charge on any atom is 0.152 e. The van der Waals surface area contributed by atoms with Crippen LogP contribution in [0.25, 0.3) is 0 Å². The van der Waals surface area contributed by atoms with Gasteiger partial charge in [-0.25, -0.2) is 13.2 Å². The number of nitrogens with one attached hydrogen (secondary N) is 1. The summed E-state index contributed by atoms with van der Waals surface area (Å²) in [5.41, 5.74) is -0.424. The molecule has 0 bridgehead atoms. The standard InChI is InChI=1S/C13H17F3N2O2/c14-9-5-11(15)13(12(16)6-9)17-7-10(19)8-18-1-3-20-4-2-18/h5-6,10,17,19H,1-4,7-8H2. The maximum atomic E-state index is 13.4. The summed E-state index contributed by atoms with van der Waals surface area (Å²) in [6.07, 6.45) is -0.781. The number of morpholine rings is 1. The van der Waals surface area contributed by atoms with Crippen molar-refractivity contribution in [3.05, 3.63) is 29.6 Å². The van der Waals surface area contributed by atoms with Crippen LogP contribution in [-0.2, 0) is 4.74 Å². The molecular weight excluding hydrogens is 273 g/mol. The van der Waals surface area contributed by atoms with E-state index in [4.69, 9.17) is 4.74 Å². The molecular formula is C13H17F3N2O2. The molecule has 0 aromatic heterocycles. The summed E-state index contributed by atoms with van der Waals surface area (Å²) in [6.45, 7) is 3.03. The van der Waals surface area contributed by atoms with E-state index in [9.17, 15) is 18.3 Å². The fourth-order valence-electron chi connectivity index (χ4n) is 2.08. The molecule has 0 saturated carbocycles. The first-order chi connectivity index (χ1) is 9.56. The fourth-order valence-corrected chi connectivity index (χ4v) is 2.08. The molecule has 1 saturated heterocycles. The lowest BCUT2D eigenvalue weighted by atomic mass is 10.2. The van der Waals surface area contributed by atoms with Crippen LogP contribution in [0.2, 0.25) is 0 Å². The number of anilines is 1. The number of aliphatic hydroxyl groups is 1. The van der Waals surface area contributed by atoms with E-state index in [1.54, 1.807) is 0 Å². The minimum Gasteiger partial charge on any atom is -0.390 e. The number of ether oxygens (including phenoxy) is 1. The fraction of sp³-hybridized carbons (Fsp3) is 0.538. The molecule has 0 aliphatic carbocycles. The Morgan fingerprint density at radius 3 is 2.40 bits per heavy atom. The van der Waals surface area contributed by atoms with E-state index < -0.39 is 29.2 Å². The van der Waals surface area contributed by atoms with Crippen molar-refractivity contribution in [1.29, 1.82) is 0 Å². The van der Waals surface area contributed by atoms with E-state index in [1.807, 2.05) is 4.90 Å². The lowest BCUT2D eigenvalue weighted by Gasteiger charge is -2.28. The van der Waals surface area contributed by atoms with Crippen molar-refractivity contribution in [2.24, 2.45) is 0 Å². The molecule has 112 valence electrons. The molecule has 0 spiro atoms. The molecule has 1 aromatic rings. The van der Waals surface area contributed by atoms with Crippen LogP contribution in [0.5, 0.6) is 0 Å². The van der Waals surface area contributed by atoms with E-state index in [1.165, 1.54) is 0 Å². The summed E-state index contributed by atoms with van der Waals surface area (Å²) in [5, 5.41) is 12.3. The number of nitrogens with zero attached hydrogens (tertiary/aromatic N) is 1. The van der Waals surface area contributed by atoms with Crippen molar-refractivity contribution >= 4 is 5.69 Å². The predicted molar refractivity (Wildman–Crippen MR) is 68.1 cm³/mol. The largest absolute Gasteiger partial charge is 0.390 e. The summed E-state index contributed by atoms with van der Waals surface area (Å²) in [5.74, 6) is -3.00. The monoisotopic (exact) mass is 290 g/mol. The van der Waals surface area contributed by atoms with Crippen molar-refractivity contribution in [2.75, 3.05) is 44.7 Å². The lowest BCUT2D eigenvalue weighted by Crippen LogP contribution is -2.42. The highest BCUT2D eigenvalue weighted by molar-refractivity contribution is 5.46. The van der Waals surface area contributed by atoms with Gasteiger partial charge >= 0.3 is 0 Å². The Morgan fingerprint density at radius 2 is 1.80 bits per heavy atom. The van der Waals surface area contributed by atoms with E-state index >= 15 is 0 Å². The minimum absolute atomic E-state index is 0.0170. The molecule has 1 aliphatic heterocycles. The number of halogens is 3. The molecule has 2 N–H and O–H groups in total. The second-order valence-electron chi connectivity index (χ2n) is 4.69. The summed E-state index contributed by atoms with van der Waals surface area (Å²) >= 11 is 0. The van der Waals surface area contributed by atoms with Gasteiger partial charge < -0.3 is 15.2 Å². The van der Waals surface area contributed by atoms with Crippen LogP contribution < -0.4 is 5.32 Å². The van der Waals surface area contributed by atoms with Gasteiger partial charge in [0.15, 0.2) is 11.6 Å². The van der Waals surface area contributed by atoms with Crippen molar-refractivity contribution in [3.63, 3.8) is 0 Å². The topological polar surface area (TPSA) is 44.7 Å². The zero-order valence-electron chi connectivity index (χ0n) is 10.9. The smallest absolute Gasteiger partial charge is 0.152 e. The van der Waals surface area contributed by atoms with Gasteiger partial charge in [-0.05, 0) is 0 Å². The number of benzene rings is 1. The van der Waals surface area contributed by atoms with E-state index in [0.29, 0.717) is 31.9 Å². The third-order valence-corrected chi connectivity index (χ3v) is 3.09. The van der Waals surface area contributed by atoms with Crippen LogP contribution in [0.3, 0.4) is 0 Å². The van der Waals surface area contributed by atoms with Crippen molar-refractivity contribution in [2.45, 2.75) is 6.10 Å². The Labute approximate surface area is 115 Å². The lowest BCUT2D eigenvalue weighted by molar-refractivity contribution is 0.0171. The van der Waals surface area contributed by atoms with Crippen molar-refractivity contribution in [1.82, 2.24) is 4.90 Å². The molecule has 0 amide bonds. The third kappa shape index (κ3) is 4.09. The molecule has 1 heterocycles. The van der Waals surface area contributed by atoms with Gasteiger partial charge in [-0.1, -0.05) is 0 Å². The summed E-state index contributed by atoms with van der Waals surface area (Å²) in [4.78, 5) is 2.01. The highest BCUT2D eigenvalue weighted by atomic mass is 19.1. The molecule has 1 aliphatic rings. The SMILES string of the molecule is OC(CNc1c(F)cc(F)cc1F)CN1CCOCC1. The molecule has 2 rings (SSSR count). The quantitative estimate of drug-likeness (QED) is 0.855. The van der Waals surface area contributed by atoms with Crippen LogP contribution in [0.4, 0.5) is 18.9 Å². The van der Waals surface area contributed by atoms with Gasteiger partial charge in [0.2, 0.25) is 0 Å². The molecule has 1 atom stereocenters. The molecule has 0 radical (unpaired) electrons. The van der Waals surface area contributed by atoms with Crippen molar-refractivity contribution in [3.8, 4) is 0 Å². The van der Waals surface area contributed by atoms with Crippen LogP contribution in [-0.4, -0.2) is 55.5 Å². The van der Waals surface area contributed by atoms with E-state index in [0.717, 1.165) is 13.1 Å². The van der Waals surface area contributed by atoms with Crippen LogP contribution in [0.15, 0.2) is 12.1 Å². The van der Waals surface area contributed by atoms with Crippen LogP contribution >= 0.6 is 0 Å². The average molecular weight is 290 g/mol. The van der Waals surface area contributed by atoms with Crippen LogP contribution in [0, 0.1) is 17.5 Å². The van der Waals surface area contributed by atoms with Gasteiger partial charge in [0.25, 0.3) is 0 Å². The first-order valence-corrected chi connectivity index (χ1v) is 6.43. The van der Waals surface area contributed by atoms with Gasteiger partial charge in [0, 0.05) is 38.3 Å². The molecule has 7 heteroatoms. The van der Waals surface area contributed by atoms with E-state index in [2.05, 4.69) is 5.32 Å². The number of β-amino-alcohol motifs (C(OH)–C–C–N with tert-alkyl or cyclic N) is 1. The minimum atomic E-state index is -1.01. The Balaban J connectivity index is 1.85. The third-order valence-electron chi connectivity index (χ3n) is 3.09. The second-order valence-corrected chi connectivity index (χ2v) is 4.69. The van der Waals surface area contributed by atoms with E-state index in [-0.39, 0.29) is 6.54 Å². The number of hydrogen-bond donors (Lipinski definition) is 2. The predicted octanol–water partition coefficient (Wildman–Crippen LogP) is 1.21. The maximum absolute atomic E-state index is 13.4. The molecule has 1 unspecified atom stereocenters. The second kappa shape index (κ2) is 6.92. The first-order valence-electron chi connectivity index (χ1n) is 6.43. The number of aliphatic hydroxyl groups excluding tert-OH is 1. The zero-order valence-corrected chi connectivity index (χ0v) is 10.9. The summed E-state index contributed by atoms with van der Waals surface area (Å²) in [6, 6.07) is 1.19. The Bertz CT molecular complexity index is 430. The van der Waals surface area contributed by atoms with Gasteiger partial charge in [-0.3, -0.25) is 4.90 Å². The highest BCUT2D eigenvalue weighted by Crippen LogP contribution is 2.20. The Kier molecular flexibility index (Phi) is 5.22. The zero-order chi connectivity index (χ0) is 14.5. The summed E-state index contributed by atoms with van der Waals surface area (Å²) < 4.78 is 44.7. The normalized spacial score (nSPS) is 18.0. The highest BCUT2D eigenvalue weighted by Gasteiger charge is 2.16. The molecule has 1 aromatic carbocycles. The Morgan fingerprint density at radius 1 is 1.20 bits per heavy atom. The number of hydrogen-bond acceptors (Lipinski definition) is 4. The van der Waals surface area contributed by atoms with Gasteiger partial charge in [0.1, 0.15) is 11.5 Å². The van der Waals surface area contributed by atoms with Gasteiger partial charge in [0.05, 0.1) is 19.3 Å². The first kappa shape index (κ1) is 15.1. The average Bonchev–Trinajstić information content (AvgIpc) is 2.38. The number of rotatable bonds is 5.